The smallest absolute Gasteiger partial charge is 0.270 e. The largest absolute Gasteiger partial charge is 0.373 e. The molecule has 1 fully saturated rings. The molecule has 2 unspecified atom stereocenters. The summed E-state index contributed by atoms with van der Waals surface area (Å²) in [5.74, 6) is 0.162. The van der Waals surface area contributed by atoms with Crippen LogP contribution in [0.4, 0.5) is 0 Å². The van der Waals surface area contributed by atoms with Crippen molar-refractivity contribution in [3.8, 4) is 0 Å². The van der Waals surface area contributed by atoms with Crippen LogP contribution in [-0.4, -0.2) is 30.6 Å². The molecule has 1 aliphatic heterocycles. The van der Waals surface area contributed by atoms with Crippen LogP contribution < -0.4 is 11.1 Å². The van der Waals surface area contributed by atoms with Crippen molar-refractivity contribution in [2.75, 3.05) is 19.7 Å². The molecule has 1 saturated heterocycles. The number of aryl methyl sites for hydroxylation is 1. The number of rotatable bonds is 6. The van der Waals surface area contributed by atoms with Gasteiger partial charge in [-0.2, -0.15) is 0 Å². The SMILES string of the molecule is Cc1ccc(C2OCCCC2CNC(=O)c2csc(CCN)n2)cc1. The summed E-state index contributed by atoms with van der Waals surface area (Å²) in [7, 11) is 0. The Labute approximate surface area is 152 Å². The minimum absolute atomic E-state index is 0.0397. The number of nitrogens with two attached hydrogens (primary N) is 1. The van der Waals surface area contributed by atoms with Crippen molar-refractivity contribution in [2.24, 2.45) is 11.7 Å². The van der Waals surface area contributed by atoms with Gasteiger partial charge in [-0.25, -0.2) is 4.98 Å². The highest BCUT2D eigenvalue weighted by Crippen LogP contribution is 2.33. The summed E-state index contributed by atoms with van der Waals surface area (Å²) in [5, 5.41) is 5.74. The van der Waals surface area contributed by atoms with Gasteiger partial charge in [0.1, 0.15) is 5.69 Å². The van der Waals surface area contributed by atoms with Crippen molar-refractivity contribution in [1.82, 2.24) is 10.3 Å². The first-order valence-electron chi connectivity index (χ1n) is 8.78. The quantitative estimate of drug-likeness (QED) is 0.831. The third kappa shape index (κ3) is 4.66. The van der Waals surface area contributed by atoms with Crippen molar-refractivity contribution >= 4 is 17.2 Å². The number of carbonyl (C=O) groups is 1. The van der Waals surface area contributed by atoms with E-state index >= 15 is 0 Å². The van der Waals surface area contributed by atoms with Crippen molar-refractivity contribution in [2.45, 2.75) is 32.3 Å². The van der Waals surface area contributed by atoms with Gasteiger partial charge < -0.3 is 15.8 Å². The molecule has 1 aromatic heterocycles. The van der Waals surface area contributed by atoms with E-state index in [4.69, 9.17) is 10.5 Å². The maximum atomic E-state index is 12.4. The van der Waals surface area contributed by atoms with Gasteiger partial charge in [0.25, 0.3) is 5.91 Å². The Balaban J connectivity index is 1.61. The van der Waals surface area contributed by atoms with Crippen LogP contribution in [0.15, 0.2) is 29.6 Å². The van der Waals surface area contributed by atoms with Gasteiger partial charge in [0.15, 0.2) is 0 Å². The maximum absolute atomic E-state index is 12.4. The fourth-order valence-electron chi connectivity index (χ4n) is 3.14. The number of thiazole rings is 1. The molecular formula is C19H25N3O2S. The van der Waals surface area contributed by atoms with Gasteiger partial charge >= 0.3 is 0 Å². The van der Waals surface area contributed by atoms with E-state index in [9.17, 15) is 4.79 Å². The molecule has 1 amide bonds. The monoisotopic (exact) mass is 359 g/mol. The van der Waals surface area contributed by atoms with E-state index in [2.05, 4.69) is 41.5 Å². The van der Waals surface area contributed by atoms with Gasteiger partial charge in [-0.05, 0) is 31.9 Å². The number of nitrogens with zero attached hydrogens (tertiary/aromatic N) is 1. The number of nitrogens with one attached hydrogen (secondary N) is 1. The lowest BCUT2D eigenvalue weighted by molar-refractivity contribution is -0.0272. The Morgan fingerprint density at radius 1 is 1.40 bits per heavy atom. The summed E-state index contributed by atoms with van der Waals surface area (Å²) in [6.45, 7) is 4.00. The molecule has 0 bridgehead atoms. The molecular weight excluding hydrogens is 334 g/mol. The number of carbonyl (C=O) groups excluding carboxylic acids is 1. The molecule has 134 valence electrons. The van der Waals surface area contributed by atoms with Gasteiger partial charge in [0.05, 0.1) is 11.1 Å². The Kier molecular flexibility index (Phi) is 6.18. The van der Waals surface area contributed by atoms with Crippen LogP contribution in [0.3, 0.4) is 0 Å². The lowest BCUT2D eigenvalue weighted by atomic mass is 9.89. The second-order valence-electron chi connectivity index (χ2n) is 6.48. The molecule has 1 aromatic carbocycles. The summed E-state index contributed by atoms with van der Waals surface area (Å²) < 4.78 is 6.01. The molecule has 0 radical (unpaired) electrons. The van der Waals surface area contributed by atoms with Gasteiger partial charge in [-0.1, -0.05) is 29.8 Å². The fraction of sp³-hybridized carbons (Fsp3) is 0.474. The Bertz CT molecular complexity index is 699. The van der Waals surface area contributed by atoms with Crippen LogP contribution in [0.2, 0.25) is 0 Å². The minimum atomic E-state index is -0.118. The third-order valence-electron chi connectivity index (χ3n) is 4.52. The number of amides is 1. The lowest BCUT2D eigenvalue weighted by Gasteiger charge is -2.32. The first kappa shape index (κ1) is 18.0. The summed E-state index contributed by atoms with van der Waals surface area (Å²) in [4.78, 5) is 16.7. The second kappa shape index (κ2) is 8.56. The molecule has 3 N–H and O–H groups in total. The van der Waals surface area contributed by atoms with E-state index < -0.39 is 0 Å². The molecule has 1 aliphatic rings. The van der Waals surface area contributed by atoms with Crippen LogP contribution in [-0.2, 0) is 11.2 Å². The number of benzene rings is 1. The van der Waals surface area contributed by atoms with Crippen molar-refractivity contribution < 1.29 is 9.53 Å². The number of ether oxygens (including phenoxy) is 1. The highest BCUT2D eigenvalue weighted by molar-refractivity contribution is 7.09. The van der Waals surface area contributed by atoms with Crippen molar-refractivity contribution in [3.05, 3.63) is 51.5 Å². The third-order valence-corrected chi connectivity index (χ3v) is 5.43. The number of aromatic nitrogens is 1. The molecule has 0 aliphatic carbocycles. The van der Waals surface area contributed by atoms with E-state index in [0.717, 1.165) is 24.5 Å². The molecule has 3 rings (SSSR count). The minimum Gasteiger partial charge on any atom is -0.373 e. The highest BCUT2D eigenvalue weighted by Gasteiger charge is 2.28. The van der Waals surface area contributed by atoms with Crippen LogP contribution in [0.25, 0.3) is 0 Å². The van der Waals surface area contributed by atoms with E-state index in [1.165, 1.54) is 22.5 Å². The van der Waals surface area contributed by atoms with Crippen LogP contribution in [0, 0.1) is 12.8 Å². The van der Waals surface area contributed by atoms with E-state index in [-0.39, 0.29) is 17.9 Å². The van der Waals surface area contributed by atoms with Gasteiger partial charge in [-0.15, -0.1) is 11.3 Å². The van der Waals surface area contributed by atoms with E-state index in [0.29, 0.717) is 25.2 Å². The molecule has 6 heteroatoms. The van der Waals surface area contributed by atoms with Gasteiger partial charge in [-0.3, -0.25) is 4.79 Å². The Morgan fingerprint density at radius 2 is 2.20 bits per heavy atom. The summed E-state index contributed by atoms with van der Waals surface area (Å²) in [5.41, 5.74) is 8.44. The standard InChI is InChI=1S/C19H25N3O2S/c1-13-4-6-14(7-5-13)18-15(3-2-10-24-18)11-21-19(23)16-12-25-17(22-16)8-9-20/h4-7,12,15,18H,2-3,8-11,20H2,1H3,(H,21,23). The number of hydrogen-bond donors (Lipinski definition) is 2. The average molecular weight is 359 g/mol. The predicted octanol–water partition coefficient (Wildman–Crippen LogP) is 2.85. The molecule has 5 nitrogen and oxygen atoms in total. The molecule has 0 saturated carbocycles. The molecule has 2 atom stereocenters. The Morgan fingerprint density at radius 3 is 2.96 bits per heavy atom. The van der Waals surface area contributed by atoms with Crippen molar-refractivity contribution in [3.63, 3.8) is 0 Å². The summed E-state index contributed by atoms with van der Waals surface area (Å²) in [6, 6.07) is 8.47. The topological polar surface area (TPSA) is 77.2 Å². The zero-order valence-corrected chi connectivity index (χ0v) is 15.3. The first-order chi connectivity index (χ1) is 12.2. The highest BCUT2D eigenvalue weighted by atomic mass is 32.1. The van der Waals surface area contributed by atoms with E-state index in [1.807, 2.05) is 0 Å². The maximum Gasteiger partial charge on any atom is 0.270 e. The molecule has 2 heterocycles. The van der Waals surface area contributed by atoms with Crippen LogP contribution in [0.5, 0.6) is 0 Å². The molecule has 25 heavy (non-hydrogen) atoms. The van der Waals surface area contributed by atoms with Crippen LogP contribution in [0.1, 0.15) is 45.6 Å². The molecule has 2 aromatic rings. The van der Waals surface area contributed by atoms with Crippen LogP contribution >= 0.6 is 11.3 Å². The Hall–Kier alpha value is -1.76. The second-order valence-corrected chi connectivity index (χ2v) is 7.42. The summed E-state index contributed by atoms with van der Waals surface area (Å²) >= 11 is 1.49. The average Bonchev–Trinajstić information content (AvgIpc) is 3.10. The zero-order chi connectivity index (χ0) is 17.6. The van der Waals surface area contributed by atoms with Gasteiger partial charge in [0, 0.05) is 30.9 Å². The predicted molar refractivity (Wildman–Crippen MR) is 99.8 cm³/mol. The lowest BCUT2D eigenvalue weighted by Crippen LogP contribution is -2.35. The summed E-state index contributed by atoms with van der Waals surface area (Å²) in [6.07, 6.45) is 2.83. The molecule has 0 spiro atoms. The normalized spacial score (nSPS) is 20.4. The first-order valence-corrected chi connectivity index (χ1v) is 9.66. The number of hydrogen-bond acceptors (Lipinski definition) is 5. The van der Waals surface area contributed by atoms with Gasteiger partial charge in [0.2, 0.25) is 0 Å². The van der Waals surface area contributed by atoms with E-state index in [1.54, 1.807) is 5.38 Å². The zero-order valence-electron chi connectivity index (χ0n) is 14.5. The van der Waals surface area contributed by atoms with Crippen molar-refractivity contribution in [1.29, 1.82) is 0 Å². The fourth-order valence-corrected chi connectivity index (χ4v) is 3.94.